The zero-order valence-electron chi connectivity index (χ0n) is 20.2. The summed E-state index contributed by atoms with van der Waals surface area (Å²) in [6, 6.07) is 4.37. The average Bonchev–Trinajstić information content (AvgIpc) is 3.30. The van der Waals surface area contributed by atoms with Gasteiger partial charge in [0.15, 0.2) is 0 Å². The average molecular weight is 441 g/mol. The largest absolute Gasteiger partial charge is 0.496 e. The number of allylic oxidation sites excluding steroid dienone is 2. The van der Waals surface area contributed by atoms with Gasteiger partial charge in [-0.15, -0.1) is 10.2 Å². The maximum Gasteiger partial charge on any atom is 0.243 e. The molecule has 6 nitrogen and oxygen atoms in total. The van der Waals surface area contributed by atoms with Gasteiger partial charge < -0.3 is 18.6 Å². The fourth-order valence-electron chi connectivity index (χ4n) is 5.08. The Kier molecular flexibility index (Phi) is 6.35. The van der Waals surface area contributed by atoms with Gasteiger partial charge in [-0.1, -0.05) is 33.3 Å². The molecule has 0 radical (unpaired) electrons. The molecule has 0 saturated heterocycles. The minimum atomic E-state index is -0.292. The second-order valence-corrected chi connectivity index (χ2v) is 10.2. The number of hydrogen-bond acceptors (Lipinski definition) is 6. The highest BCUT2D eigenvalue weighted by molar-refractivity contribution is 5.64. The molecule has 6 heteroatoms. The number of fused-ring (bicyclic) bond motifs is 3. The lowest BCUT2D eigenvalue weighted by atomic mass is 9.66. The van der Waals surface area contributed by atoms with Crippen LogP contribution in [0, 0.1) is 5.92 Å². The van der Waals surface area contributed by atoms with Gasteiger partial charge in [-0.2, -0.15) is 0 Å². The van der Waals surface area contributed by atoms with Crippen molar-refractivity contribution >= 4 is 5.57 Å². The van der Waals surface area contributed by atoms with Crippen LogP contribution in [0.15, 0.2) is 29.0 Å². The van der Waals surface area contributed by atoms with Gasteiger partial charge in [-0.05, 0) is 50.8 Å². The van der Waals surface area contributed by atoms with Crippen LogP contribution in [0.2, 0.25) is 0 Å². The highest BCUT2D eigenvalue weighted by Gasteiger charge is 2.47. The summed E-state index contributed by atoms with van der Waals surface area (Å²) < 4.78 is 24.1. The number of hydrogen-bond donors (Lipinski definition) is 0. The van der Waals surface area contributed by atoms with E-state index in [0.717, 1.165) is 54.9 Å². The molecule has 2 atom stereocenters. The maximum absolute atomic E-state index is 6.63. The van der Waals surface area contributed by atoms with Crippen LogP contribution in [-0.2, 0) is 10.2 Å². The van der Waals surface area contributed by atoms with Crippen LogP contribution in [0.25, 0.3) is 5.57 Å². The molecule has 0 saturated carbocycles. The van der Waals surface area contributed by atoms with Gasteiger partial charge in [0.05, 0.1) is 13.7 Å². The minimum absolute atomic E-state index is 0.151. The quantitative estimate of drug-likeness (QED) is 0.475. The molecule has 1 aliphatic heterocycles. The smallest absolute Gasteiger partial charge is 0.243 e. The van der Waals surface area contributed by atoms with Gasteiger partial charge in [0, 0.05) is 35.0 Å². The predicted molar refractivity (Wildman–Crippen MR) is 124 cm³/mol. The summed E-state index contributed by atoms with van der Waals surface area (Å²) >= 11 is 0. The van der Waals surface area contributed by atoms with Crippen molar-refractivity contribution in [2.24, 2.45) is 5.92 Å². The van der Waals surface area contributed by atoms with Crippen molar-refractivity contribution in [2.75, 3.05) is 20.3 Å². The number of unbranched alkanes of at least 4 members (excludes halogenated alkanes) is 1. The molecule has 1 aliphatic carbocycles. The third-order valence-corrected chi connectivity index (χ3v) is 7.03. The lowest BCUT2D eigenvalue weighted by molar-refractivity contribution is 0.00879. The summed E-state index contributed by atoms with van der Waals surface area (Å²) in [7, 11) is 1.75. The number of methoxy groups -OCH3 is 1. The summed E-state index contributed by atoms with van der Waals surface area (Å²) in [6.45, 7) is 12.4. The molecule has 0 spiro atoms. The summed E-state index contributed by atoms with van der Waals surface area (Å²) in [4.78, 5) is 0. The Morgan fingerprint density at radius 1 is 1.25 bits per heavy atom. The standard InChI is InChI=1S/C26H36N2O4/c1-7-8-11-30-15-25(2,3)18-13-21(29-6)23-19-12-17(24-28-27-16-31-24)9-10-20(19)26(4,5)32-22(23)14-18/h9,13-14,16,19-20H,7-8,10-12,15H2,1-6H3/t19-,20-/m1/s1. The molecule has 0 amide bonds. The van der Waals surface area contributed by atoms with E-state index in [1.165, 1.54) is 12.0 Å². The normalized spacial score (nSPS) is 21.9. The van der Waals surface area contributed by atoms with Gasteiger partial charge in [0.25, 0.3) is 0 Å². The van der Waals surface area contributed by atoms with Gasteiger partial charge in [-0.3, -0.25) is 0 Å². The van der Waals surface area contributed by atoms with Crippen molar-refractivity contribution in [3.8, 4) is 11.5 Å². The van der Waals surface area contributed by atoms with Crippen LogP contribution < -0.4 is 9.47 Å². The predicted octanol–water partition coefficient (Wildman–Crippen LogP) is 5.92. The summed E-state index contributed by atoms with van der Waals surface area (Å²) in [6.07, 6.45) is 7.56. The third kappa shape index (κ3) is 4.29. The Morgan fingerprint density at radius 3 is 2.75 bits per heavy atom. The van der Waals surface area contributed by atoms with Crippen molar-refractivity contribution in [3.63, 3.8) is 0 Å². The first-order valence-corrected chi connectivity index (χ1v) is 11.7. The molecule has 2 aliphatic rings. The Balaban J connectivity index is 1.70. The molecule has 0 unspecified atom stereocenters. The van der Waals surface area contributed by atoms with E-state index in [1.807, 2.05) is 0 Å². The van der Waals surface area contributed by atoms with Crippen molar-refractivity contribution in [1.29, 1.82) is 0 Å². The van der Waals surface area contributed by atoms with Crippen molar-refractivity contribution in [3.05, 3.63) is 41.6 Å². The summed E-state index contributed by atoms with van der Waals surface area (Å²) in [5.41, 5.74) is 2.97. The summed E-state index contributed by atoms with van der Waals surface area (Å²) in [5.74, 6) is 3.01. The lowest BCUT2D eigenvalue weighted by Gasteiger charge is -2.47. The number of aromatic nitrogens is 2. The second-order valence-electron chi connectivity index (χ2n) is 10.2. The van der Waals surface area contributed by atoms with E-state index in [-0.39, 0.29) is 16.9 Å². The van der Waals surface area contributed by atoms with E-state index in [0.29, 0.717) is 18.4 Å². The van der Waals surface area contributed by atoms with Gasteiger partial charge >= 0.3 is 0 Å². The van der Waals surface area contributed by atoms with E-state index in [4.69, 9.17) is 18.6 Å². The third-order valence-electron chi connectivity index (χ3n) is 7.03. The molecule has 1 aromatic carbocycles. The zero-order valence-corrected chi connectivity index (χ0v) is 20.2. The van der Waals surface area contributed by atoms with Crippen LogP contribution in [0.4, 0.5) is 0 Å². The van der Waals surface area contributed by atoms with Crippen molar-refractivity contribution in [1.82, 2.24) is 10.2 Å². The first-order chi connectivity index (χ1) is 15.3. The number of rotatable bonds is 8. The Labute approximate surface area is 191 Å². The summed E-state index contributed by atoms with van der Waals surface area (Å²) in [5, 5.41) is 8.00. The zero-order chi connectivity index (χ0) is 22.9. The van der Waals surface area contributed by atoms with Gasteiger partial charge in [0.1, 0.15) is 17.1 Å². The van der Waals surface area contributed by atoms with E-state index in [1.54, 1.807) is 7.11 Å². The van der Waals surface area contributed by atoms with Gasteiger partial charge in [-0.25, -0.2) is 0 Å². The lowest BCUT2D eigenvalue weighted by Crippen LogP contribution is -2.45. The highest BCUT2D eigenvalue weighted by Crippen LogP contribution is 2.56. The van der Waals surface area contributed by atoms with E-state index < -0.39 is 0 Å². The molecule has 2 heterocycles. The SMILES string of the molecule is CCCCOCC(C)(C)c1cc(OC)c2c(c1)OC(C)(C)[C@@H]1CC=C(c3nnco3)C[C@@H]21. The van der Waals surface area contributed by atoms with Crippen molar-refractivity contribution in [2.45, 2.75) is 77.2 Å². The minimum Gasteiger partial charge on any atom is -0.496 e. The first kappa shape index (κ1) is 22.8. The Hall–Kier alpha value is -2.34. The topological polar surface area (TPSA) is 66.6 Å². The fraction of sp³-hybridized carbons (Fsp3) is 0.615. The second kappa shape index (κ2) is 8.89. The van der Waals surface area contributed by atoms with Crippen LogP contribution in [0.3, 0.4) is 0 Å². The van der Waals surface area contributed by atoms with Crippen LogP contribution in [0.5, 0.6) is 11.5 Å². The molecule has 1 aromatic heterocycles. The van der Waals surface area contributed by atoms with Crippen LogP contribution in [0.1, 0.15) is 83.2 Å². The number of ether oxygens (including phenoxy) is 3. The molecule has 0 N–H and O–H groups in total. The first-order valence-electron chi connectivity index (χ1n) is 11.7. The van der Waals surface area contributed by atoms with Crippen molar-refractivity contribution < 1.29 is 18.6 Å². The monoisotopic (exact) mass is 440 g/mol. The Morgan fingerprint density at radius 2 is 2.06 bits per heavy atom. The highest BCUT2D eigenvalue weighted by atomic mass is 16.5. The molecule has 0 fully saturated rings. The maximum atomic E-state index is 6.63. The van der Waals surface area contributed by atoms with Gasteiger partial charge in [0.2, 0.25) is 12.3 Å². The number of nitrogens with zero attached hydrogens (tertiary/aromatic N) is 2. The molecule has 174 valence electrons. The molecule has 32 heavy (non-hydrogen) atoms. The Bertz CT molecular complexity index is 962. The van der Waals surface area contributed by atoms with E-state index in [9.17, 15) is 0 Å². The van der Waals surface area contributed by atoms with Crippen LogP contribution >= 0.6 is 0 Å². The molecular weight excluding hydrogens is 404 g/mol. The number of benzene rings is 1. The molecule has 2 aromatic rings. The van der Waals surface area contributed by atoms with E-state index in [2.05, 4.69) is 63.0 Å². The molecule has 0 bridgehead atoms. The fourth-order valence-corrected chi connectivity index (χ4v) is 5.08. The molecular formula is C26H36N2O4. The van der Waals surface area contributed by atoms with E-state index >= 15 is 0 Å². The van der Waals surface area contributed by atoms with Crippen LogP contribution in [-0.4, -0.2) is 36.1 Å². The molecule has 4 rings (SSSR count).